The van der Waals surface area contributed by atoms with Crippen LogP contribution in [0.1, 0.15) is 5.69 Å². The van der Waals surface area contributed by atoms with Gasteiger partial charge in [0.25, 0.3) is 0 Å². The smallest absolute Gasteiger partial charge is 0.184 e. The Hall–Kier alpha value is -0.610. The molecule has 0 aliphatic rings. The largest absolute Gasteiger partial charge is 0.396 e. The normalized spacial score (nSPS) is 10.1. The Morgan fingerprint density at radius 3 is 2.82 bits per heavy atom. The summed E-state index contributed by atoms with van der Waals surface area (Å²) in [7, 11) is 3.92. The van der Waals surface area contributed by atoms with Crippen LogP contribution in [-0.4, -0.2) is 30.8 Å². The molecule has 0 spiro atoms. The van der Waals surface area contributed by atoms with Crippen molar-refractivity contribution >= 4 is 16.5 Å². The van der Waals surface area contributed by atoms with Crippen molar-refractivity contribution in [3.63, 3.8) is 0 Å². The molecule has 4 heteroatoms. The molecule has 11 heavy (non-hydrogen) atoms. The molecule has 62 valence electrons. The number of rotatable bonds is 3. The van der Waals surface area contributed by atoms with Gasteiger partial charge in [-0.05, 0) is 0 Å². The average Bonchev–Trinajstić information content (AvgIpc) is 2.37. The Morgan fingerprint density at radius 2 is 2.36 bits per heavy atom. The molecule has 0 saturated heterocycles. The lowest BCUT2D eigenvalue weighted by Crippen LogP contribution is -2.08. The molecule has 0 amide bonds. The molecule has 1 aromatic rings. The second-order valence-corrected chi connectivity index (χ2v) is 3.33. The van der Waals surface area contributed by atoms with Crippen LogP contribution < -0.4 is 4.90 Å². The molecule has 1 aromatic heterocycles. The summed E-state index contributed by atoms with van der Waals surface area (Å²) in [5.74, 6) is 0. The van der Waals surface area contributed by atoms with Crippen LogP contribution >= 0.6 is 11.3 Å². The van der Waals surface area contributed by atoms with Gasteiger partial charge in [0.2, 0.25) is 0 Å². The fourth-order valence-corrected chi connectivity index (χ4v) is 1.52. The number of nitrogens with zero attached hydrogens (tertiary/aromatic N) is 2. The second-order valence-electron chi connectivity index (χ2n) is 2.49. The van der Waals surface area contributed by atoms with E-state index in [1.54, 1.807) is 11.3 Å². The number of hydrogen-bond acceptors (Lipinski definition) is 4. The Morgan fingerprint density at radius 1 is 1.64 bits per heavy atom. The van der Waals surface area contributed by atoms with Crippen molar-refractivity contribution in [1.29, 1.82) is 0 Å². The van der Waals surface area contributed by atoms with Gasteiger partial charge in [0.1, 0.15) is 0 Å². The Bertz CT molecular complexity index is 222. The average molecular weight is 172 g/mol. The summed E-state index contributed by atoms with van der Waals surface area (Å²) in [5, 5.41) is 11.6. The first-order valence-electron chi connectivity index (χ1n) is 3.46. The highest BCUT2D eigenvalue weighted by Crippen LogP contribution is 2.17. The van der Waals surface area contributed by atoms with E-state index in [4.69, 9.17) is 5.11 Å². The predicted octanol–water partition coefficient (Wildman–Crippen LogP) is 0.744. The molecule has 0 aromatic carbocycles. The van der Waals surface area contributed by atoms with Crippen LogP contribution in [0.25, 0.3) is 0 Å². The maximum Gasteiger partial charge on any atom is 0.184 e. The van der Waals surface area contributed by atoms with E-state index in [9.17, 15) is 0 Å². The standard InChI is InChI=1S/C7H12N2OS/c1-9(2)7-8-6(3-4-10)5-11-7/h5,10H,3-4H2,1-2H3. The first-order chi connectivity index (χ1) is 5.24. The monoisotopic (exact) mass is 172 g/mol. The first-order valence-corrected chi connectivity index (χ1v) is 4.34. The van der Waals surface area contributed by atoms with Crippen molar-refractivity contribution < 1.29 is 5.11 Å². The molecule has 1 heterocycles. The van der Waals surface area contributed by atoms with Gasteiger partial charge in [0, 0.05) is 32.5 Å². The first kappa shape index (κ1) is 8.49. The minimum absolute atomic E-state index is 0.177. The Kier molecular flexibility index (Phi) is 2.84. The van der Waals surface area contributed by atoms with Crippen LogP contribution in [0.2, 0.25) is 0 Å². The van der Waals surface area contributed by atoms with Crippen molar-refractivity contribution in [3.8, 4) is 0 Å². The lowest BCUT2D eigenvalue weighted by atomic mass is 10.4. The molecule has 0 aliphatic carbocycles. The molecule has 0 atom stereocenters. The van der Waals surface area contributed by atoms with Crippen molar-refractivity contribution in [3.05, 3.63) is 11.1 Å². The van der Waals surface area contributed by atoms with Crippen LogP contribution in [-0.2, 0) is 6.42 Å². The van der Waals surface area contributed by atoms with Crippen LogP contribution in [0.4, 0.5) is 5.13 Å². The van der Waals surface area contributed by atoms with Crippen LogP contribution in [0.15, 0.2) is 5.38 Å². The zero-order valence-corrected chi connectivity index (χ0v) is 7.56. The molecule has 1 N–H and O–H groups in total. The van der Waals surface area contributed by atoms with Gasteiger partial charge < -0.3 is 10.0 Å². The Balaban J connectivity index is 2.66. The number of hydrogen-bond donors (Lipinski definition) is 1. The number of aromatic nitrogens is 1. The molecule has 3 nitrogen and oxygen atoms in total. The van der Waals surface area contributed by atoms with Crippen molar-refractivity contribution in [1.82, 2.24) is 4.98 Å². The highest BCUT2D eigenvalue weighted by Gasteiger charge is 2.01. The third kappa shape index (κ3) is 2.17. The summed E-state index contributed by atoms with van der Waals surface area (Å²) < 4.78 is 0. The summed E-state index contributed by atoms with van der Waals surface area (Å²) in [5.41, 5.74) is 0.973. The van der Waals surface area contributed by atoms with E-state index in [1.165, 1.54) is 0 Å². The lowest BCUT2D eigenvalue weighted by Gasteiger charge is -2.05. The molecule has 1 rings (SSSR count). The number of anilines is 1. The van der Waals surface area contributed by atoms with E-state index in [-0.39, 0.29) is 6.61 Å². The summed E-state index contributed by atoms with van der Waals surface area (Å²) >= 11 is 1.60. The van der Waals surface area contributed by atoms with Crippen LogP contribution in [0.5, 0.6) is 0 Å². The van der Waals surface area contributed by atoms with Crippen LogP contribution in [0, 0.1) is 0 Å². The number of aliphatic hydroxyl groups is 1. The summed E-state index contributed by atoms with van der Waals surface area (Å²) in [6.07, 6.45) is 0.657. The van der Waals surface area contributed by atoms with E-state index in [0.717, 1.165) is 10.8 Å². The van der Waals surface area contributed by atoms with Gasteiger partial charge in [-0.25, -0.2) is 4.98 Å². The van der Waals surface area contributed by atoms with E-state index in [1.807, 2.05) is 24.4 Å². The van der Waals surface area contributed by atoms with Gasteiger partial charge in [-0.3, -0.25) is 0 Å². The minimum atomic E-state index is 0.177. The topological polar surface area (TPSA) is 36.4 Å². The third-order valence-electron chi connectivity index (χ3n) is 1.29. The highest BCUT2D eigenvalue weighted by molar-refractivity contribution is 7.13. The molecule has 0 fully saturated rings. The maximum absolute atomic E-state index is 8.62. The highest BCUT2D eigenvalue weighted by atomic mass is 32.1. The Labute approximate surface area is 70.3 Å². The summed E-state index contributed by atoms with van der Waals surface area (Å²) in [6, 6.07) is 0. The van der Waals surface area contributed by atoms with E-state index < -0.39 is 0 Å². The maximum atomic E-state index is 8.62. The number of aliphatic hydroxyl groups excluding tert-OH is 1. The van der Waals surface area contributed by atoms with Gasteiger partial charge in [0.05, 0.1) is 5.69 Å². The molecule has 0 aliphatic heterocycles. The zero-order chi connectivity index (χ0) is 8.27. The van der Waals surface area contributed by atoms with Gasteiger partial charge in [0.15, 0.2) is 5.13 Å². The molecular formula is C7H12N2OS. The van der Waals surface area contributed by atoms with Gasteiger partial charge >= 0.3 is 0 Å². The molecular weight excluding hydrogens is 160 g/mol. The molecule has 0 saturated carbocycles. The number of thiazole rings is 1. The van der Waals surface area contributed by atoms with Gasteiger partial charge in [-0.1, -0.05) is 0 Å². The lowest BCUT2D eigenvalue weighted by molar-refractivity contribution is 0.298. The zero-order valence-electron chi connectivity index (χ0n) is 6.74. The predicted molar refractivity (Wildman–Crippen MR) is 47.2 cm³/mol. The minimum Gasteiger partial charge on any atom is -0.396 e. The quantitative estimate of drug-likeness (QED) is 0.730. The molecule has 0 unspecified atom stereocenters. The van der Waals surface area contributed by atoms with Crippen molar-refractivity contribution in [2.75, 3.05) is 25.6 Å². The second kappa shape index (κ2) is 3.69. The SMILES string of the molecule is CN(C)c1nc(CCO)cs1. The van der Waals surface area contributed by atoms with Crippen LogP contribution in [0.3, 0.4) is 0 Å². The fraction of sp³-hybridized carbons (Fsp3) is 0.571. The molecule has 0 radical (unpaired) electrons. The van der Waals surface area contributed by atoms with Crippen molar-refractivity contribution in [2.45, 2.75) is 6.42 Å². The van der Waals surface area contributed by atoms with E-state index in [2.05, 4.69) is 4.98 Å². The van der Waals surface area contributed by atoms with E-state index in [0.29, 0.717) is 6.42 Å². The van der Waals surface area contributed by atoms with Crippen molar-refractivity contribution in [2.24, 2.45) is 0 Å². The summed E-state index contributed by atoms with van der Waals surface area (Å²) in [6.45, 7) is 0.177. The summed E-state index contributed by atoms with van der Waals surface area (Å²) in [4.78, 5) is 6.25. The fourth-order valence-electron chi connectivity index (χ4n) is 0.731. The van der Waals surface area contributed by atoms with E-state index >= 15 is 0 Å². The third-order valence-corrected chi connectivity index (χ3v) is 2.35. The molecule has 0 bridgehead atoms. The van der Waals surface area contributed by atoms with Gasteiger partial charge in [-0.15, -0.1) is 11.3 Å². The van der Waals surface area contributed by atoms with Gasteiger partial charge in [-0.2, -0.15) is 0 Å².